The van der Waals surface area contributed by atoms with E-state index in [0.29, 0.717) is 0 Å². The van der Waals surface area contributed by atoms with Gasteiger partial charge in [0.1, 0.15) is 8.96 Å². The van der Waals surface area contributed by atoms with Crippen molar-refractivity contribution in [3.8, 4) is 0 Å². The minimum atomic E-state index is -0.251. The third-order valence-electron chi connectivity index (χ3n) is 1.60. The van der Waals surface area contributed by atoms with E-state index in [1.54, 1.807) is 12.1 Å². The minimum Gasteiger partial charge on any atom is -0.340 e. The number of rotatable bonds is 2. The van der Waals surface area contributed by atoms with Gasteiger partial charge in [0.2, 0.25) is 0 Å². The Bertz CT molecular complexity index is 52.0. The molecule has 1 N–H and O–H groups in total. The summed E-state index contributed by atoms with van der Waals surface area (Å²) in [6.45, 7) is 3.40. The molecule has 2 heteroatoms. The normalized spacial score (nSPS) is 21.9. The van der Waals surface area contributed by atoms with Gasteiger partial charge in [0, 0.05) is 0 Å². The van der Waals surface area contributed by atoms with Crippen molar-refractivity contribution in [1.82, 2.24) is 4.98 Å². The summed E-state index contributed by atoms with van der Waals surface area (Å²) in [6, 6.07) is 3.10. The van der Waals surface area contributed by atoms with Crippen molar-refractivity contribution in [3.63, 3.8) is 0 Å². The molecule has 1 aliphatic rings. The molecular weight excluding hydrogens is 102 g/mol. The van der Waals surface area contributed by atoms with Gasteiger partial charge in [0.05, 0.1) is 0 Å². The van der Waals surface area contributed by atoms with E-state index >= 15 is 0 Å². The molecule has 7 heavy (non-hydrogen) atoms. The first-order chi connectivity index (χ1) is 3.43. The van der Waals surface area contributed by atoms with Crippen LogP contribution in [0.15, 0.2) is 0 Å². The van der Waals surface area contributed by atoms with E-state index in [-0.39, 0.29) is 8.96 Å². The van der Waals surface area contributed by atoms with Crippen LogP contribution >= 0.6 is 0 Å². The van der Waals surface area contributed by atoms with Gasteiger partial charge in [-0.3, -0.25) is 0 Å². The van der Waals surface area contributed by atoms with Gasteiger partial charge in [0.15, 0.2) is 0 Å². The maximum absolute atomic E-state index is 3.52. The van der Waals surface area contributed by atoms with Crippen LogP contribution < -0.4 is 4.98 Å². The van der Waals surface area contributed by atoms with Gasteiger partial charge in [0.25, 0.3) is 0 Å². The largest absolute Gasteiger partial charge is 0.340 e. The van der Waals surface area contributed by atoms with E-state index < -0.39 is 0 Å². The zero-order valence-electron chi connectivity index (χ0n) is 4.91. The number of hydrogen-bond acceptors (Lipinski definition) is 1. The summed E-state index contributed by atoms with van der Waals surface area (Å²) in [7, 11) is -0.251. The van der Waals surface area contributed by atoms with Crippen LogP contribution in [0.3, 0.4) is 0 Å². The molecule has 0 aromatic carbocycles. The lowest BCUT2D eigenvalue weighted by molar-refractivity contribution is 0.847. The molecule has 0 amide bonds. The molecule has 1 saturated heterocycles. The van der Waals surface area contributed by atoms with Gasteiger partial charge in [-0.25, -0.2) is 0 Å². The summed E-state index contributed by atoms with van der Waals surface area (Å²) in [5.41, 5.74) is 0. The van der Waals surface area contributed by atoms with Crippen LogP contribution in [0.4, 0.5) is 0 Å². The number of hydrogen-bond donors (Lipinski definition) is 1. The first-order valence-electron chi connectivity index (χ1n) is 3.17. The fraction of sp³-hybridized carbons (Fsp3) is 1.00. The Morgan fingerprint density at radius 1 is 1.57 bits per heavy atom. The summed E-state index contributed by atoms with van der Waals surface area (Å²) in [5.74, 6) is 0. The Hall–Kier alpha value is 0.177. The second kappa shape index (κ2) is 2.48. The predicted octanol–water partition coefficient (Wildman–Crippen LogP) is 0.723. The van der Waals surface area contributed by atoms with Crippen LogP contribution in [0.1, 0.15) is 13.3 Å². The average molecular weight is 115 g/mol. The van der Waals surface area contributed by atoms with Crippen molar-refractivity contribution in [1.29, 1.82) is 0 Å². The fourth-order valence-corrected chi connectivity index (χ4v) is 2.70. The highest BCUT2D eigenvalue weighted by Gasteiger charge is 2.16. The molecule has 0 aromatic rings. The molecule has 1 rings (SSSR count). The SMILES string of the molecule is CCN[SiH]1CCC1. The molecule has 0 atom stereocenters. The predicted molar refractivity (Wildman–Crippen MR) is 35.1 cm³/mol. The molecule has 42 valence electrons. The first kappa shape index (κ1) is 5.32. The number of nitrogens with one attached hydrogen (secondary N) is 1. The maximum atomic E-state index is 3.52. The molecule has 0 spiro atoms. The van der Waals surface area contributed by atoms with Crippen molar-refractivity contribution >= 4 is 8.96 Å². The molecule has 0 aliphatic carbocycles. The van der Waals surface area contributed by atoms with Gasteiger partial charge >= 0.3 is 0 Å². The Morgan fingerprint density at radius 3 is 2.43 bits per heavy atom. The maximum Gasteiger partial charge on any atom is 0.108 e. The second-order valence-electron chi connectivity index (χ2n) is 2.19. The summed E-state index contributed by atoms with van der Waals surface area (Å²) in [6.07, 6.45) is 1.50. The van der Waals surface area contributed by atoms with Crippen LogP contribution in [-0.4, -0.2) is 15.5 Å². The topological polar surface area (TPSA) is 12.0 Å². The standard InChI is InChI=1S/C5H13NSi/c1-2-6-7-4-3-5-7/h6-7H,2-5H2,1H3. The average Bonchev–Trinajstić information content (AvgIpc) is 1.55. The Balaban J connectivity index is 1.93. The van der Waals surface area contributed by atoms with Crippen LogP contribution in [0, 0.1) is 0 Å². The van der Waals surface area contributed by atoms with Gasteiger partial charge in [-0.15, -0.1) is 0 Å². The van der Waals surface area contributed by atoms with Crippen molar-refractivity contribution in [2.75, 3.05) is 6.54 Å². The molecule has 0 bridgehead atoms. The molecule has 1 heterocycles. The molecule has 0 aromatic heterocycles. The van der Waals surface area contributed by atoms with E-state index in [4.69, 9.17) is 0 Å². The van der Waals surface area contributed by atoms with Crippen LogP contribution in [-0.2, 0) is 0 Å². The molecule has 0 saturated carbocycles. The van der Waals surface area contributed by atoms with Crippen molar-refractivity contribution in [2.24, 2.45) is 0 Å². The minimum absolute atomic E-state index is 0.251. The second-order valence-corrected chi connectivity index (χ2v) is 5.14. The highest BCUT2D eigenvalue weighted by Crippen LogP contribution is 2.16. The van der Waals surface area contributed by atoms with Gasteiger partial charge in [-0.05, 0) is 18.6 Å². The Labute approximate surface area is 46.8 Å². The smallest absolute Gasteiger partial charge is 0.108 e. The van der Waals surface area contributed by atoms with Crippen LogP contribution in [0.25, 0.3) is 0 Å². The van der Waals surface area contributed by atoms with E-state index in [0.717, 1.165) is 0 Å². The van der Waals surface area contributed by atoms with E-state index in [1.165, 1.54) is 13.0 Å². The van der Waals surface area contributed by atoms with Crippen LogP contribution in [0.5, 0.6) is 0 Å². The molecular formula is C5H13NSi. The van der Waals surface area contributed by atoms with Gasteiger partial charge in [-0.1, -0.05) is 13.3 Å². The van der Waals surface area contributed by atoms with Crippen molar-refractivity contribution < 1.29 is 0 Å². The Kier molecular flexibility index (Phi) is 1.88. The zero-order chi connectivity index (χ0) is 5.11. The van der Waals surface area contributed by atoms with E-state index in [2.05, 4.69) is 11.9 Å². The fourth-order valence-electron chi connectivity index (χ4n) is 0.901. The zero-order valence-corrected chi connectivity index (χ0v) is 6.06. The quantitative estimate of drug-likeness (QED) is 0.523. The summed E-state index contributed by atoms with van der Waals surface area (Å²) in [5, 5.41) is 0. The third-order valence-corrected chi connectivity index (χ3v) is 4.79. The summed E-state index contributed by atoms with van der Waals surface area (Å²) < 4.78 is 0. The monoisotopic (exact) mass is 115 g/mol. The lowest BCUT2D eigenvalue weighted by Crippen LogP contribution is -2.38. The van der Waals surface area contributed by atoms with Crippen molar-refractivity contribution in [2.45, 2.75) is 25.4 Å². The molecule has 1 fully saturated rings. The summed E-state index contributed by atoms with van der Waals surface area (Å²) >= 11 is 0. The molecule has 0 unspecified atom stereocenters. The highest BCUT2D eigenvalue weighted by atomic mass is 28.3. The lowest BCUT2D eigenvalue weighted by atomic mass is 10.5. The lowest BCUT2D eigenvalue weighted by Gasteiger charge is -2.23. The third kappa shape index (κ3) is 1.28. The first-order valence-corrected chi connectivity index (χ1v) is 5.38. The Morgan fingerprint density at radius 2 is 2.29 bits per heavy atom. The summed E-state index contributed by atoms with van der Waals surface area (Å²) in [4.78, 5) is 3.52. The van der Waals surface area contributed by atoms with E-state index in [1.807, 2.05) is 0 Å². The van der Waals surface area contributed by atoms with Crippen molar-refractivity contribution in [3.05, 3.63) is 0 Å². The van der Waals surface area contributed by atoms with Gasteiger partial charge < -0.3 is 4.98 Å². The molecule has 0 radical (unpaired) electrons. The van der Waals surface area contributed by atoms with E-state index in [9.17, 15) is 0 Å². The highest BCUT2D eigenvalue weighted by molar-refractivity contribution is 6.58. The molecule has 1 nitrogen and oxygen atoms in total. The van der Waals surface area contributed by atoms with Crippen LogP contribution in [0.2, 0.25) is 12.1 Å². The van der Waals surface area contributed by atoms with Gasteiger partial charge in [-0.2, -0.15) is 0 Å². The molecule has 1 aliphatic heterocycles.